The average molecular weight is 334 g/mol. The third-order valence-corrected chi connectivity index (χ3v) is 4.39. The number of carbonyl (C=O) groups is 1. The molecule has 0 spiro atoms. The molecule has 0 aliphatic carbocycles. The summed E-state index contributed by atoms with van der Waals surface area (Å²) in [6.45, 7) is 2.26. The maximum absolute atomic E-state index is 12.0. The number of para-hydroxylation sites is 2. The summed E-state index contributed by atoms with van der Waals surface area (Å²) in [7, 11) is 1.62. The van der Waals surface area contributed by atoms with Gasteiger partial charge >= 0.3 is 0 Å². The molecule has 0 saturated carbocycles. The number of rotatable bonds is 14. The Morgan fingerprint density at radius 3 is 2.00 bits per heavy atom. The molecule has 24 heavy (non-hydrogen) atoms. The second-order valence-corrected chi connectivity index (χ2v) is 6.53. The first kappa shape index (κ1) is 20.5. The molecule has 3 heteroatoms. The Kier molecular flexibility index (Phi) is 11.9. The molecule has 1 aromatic carbocycles. The highest BCUT2D eigenvalue weighted by molar-refractivity contribution is 5.92. The highest BCUT2D eigenvalue weighted by Gasteiger charge is 2.06. The fourth-order valence-corrected chi connectivity index (χ4v) is 2.91. The highest BCUT2D eigenvalue weighted by atomic mass is 16.5. The number of anilines is 1. The molecule has 1 amide bonds. The van der Waals surface area contributed by atoms with Gasteiger partial charge in [-0.2, -0.15) is 0 Å². The van der Waals surface area contributed by atoms with Crippen LogP contribution in [0.4, 0.5) is 5.69 Å². The van der Waals surface area contributed by atoms with Gasteiger partial charge in [-0.25, -0.2) is 0 Å². The molecule has 0 radical (unpaired) electrons. The SMILES string of the molecule is CCCCCCCCCCCCCC(=O)Nc1ccccc1OC. The molecule has 136 valence electrons. The third kappa shape index (κ3) is 9.59. The van der Waals surface area contributed by atoms with Crippen LogP contribution in [-0.2, 0) is 4.79 Å². The van der Waals surface area contributed by atoms with Crippen molar-refractivity contribution in [2.24, 2.45) is 0 Å². The lowest BCUT2D eigenvalue weighted by atomic mass is 10.1. The molecule has 1 N–H and O–H groups in total. The van der Waals surface area contributed by atoms with E-state index in [2.05, 4.69) is 12.2 Å². The fourth-order valence-electron chi connectivity index (χ4n) is 2.91. The Hall–Kier alpha value is -1.51. The minimum Gasteiger partial charge on any atom is -0.495 e. The van der Waals surface area contributed by atoms with Gasteiger partial charge in [0.25, 0.3) is 0 Å². The van der Waals surface area contributed by atoms with Crippen LogP contribution in [0.2, 0.25) is 0 Å². The van der Waals surface area contributed by atoms with Gasteiger partial charge in [-0.3, -0.25) is 4.79 Å². The van der Waals surface area contributed by atoms with Crippen LogP contribution in [0.5, 0.6) is 5.75 Å². The van der Waals surface area contributed by atoms with Crippen molar-refractivity contribution in [3.8, 4) is 5.75 Å². The molecule has 0 unspecified atom stereocenters. The first-order valence-electron chi connectivity index (χ1n) is 9.70. The summed E-state index contributed by atoms with van der Waals surface area (Å²) < 4.78 is 5.24. The van der Waals surface area contributed by atoms with Crippen LogP contribution in [0.15, 0.2) is 24.3 Å². The Morgan fingerprint density at radius 1 is 0.875 bits per heavy atom. The number of hydrogen-bond acceptors (Lipinski definition) is 2. The third-order valence-electron chi connectivity index (χ3n) is 4.39. The topological polar surface area (TPSA) is 38.3 Å². The smallest absolute Gasteiger partial charge is 0.224 e. The van der Waals surface area contributed by atoms with Gasteiger partial charge in [0.05, 0.1) is 12.8 Å². The van der Waals surface area contributed by atoms with Crippen LogP contribution in [0.3, 0.4) is 0 Å². The van der Waals surface area contributed by atoms with Crippen molar-refractivity contribution in [2.45, 2.75) is 84.0 Å². The molecule has 0 aliphatic rings. The molecular weight excluding hydrogens is 298 g/mol. The fraction of sp³-hybridized carbons (Fsp3) is 0.667. The summed E-state index contributed by atoms with van der Waals surface area (Å²) in [6, 6.07) is 7.54. The molecule has 1 aromatic rings. The second kappa shape index (κ2) is 13.9. The zero-order valence-electron chi connectivity index (χ0n) is 15.6. The van der Waals surface area contributed by atoms with E-state index in [0.29, 0.717) is 12.2 Å². The van der Waals surface area contributed by atoms with Gasteiger partial charge in [0.2, 0.25) is 5.91 Å². The molecule has 0 bridgehead atoms. The Bertz CT molecular complexity index is 445. The van der Waals surface area contributed by atoms with Gasteiger partial charge in [0.15, 0.2) is 0 Å². The summed E-state index contributed by atoms with van der Waals surface area (Å²) >= 11 is 0. The molecule has 0 aromatic heterocycles. The Labute approximate surface area is 148 Å². The monoisotopic (exact) mass is 333 g/mol. The predicted octanol–water partition coefficient (Wildman–Crippen LogP) is 6.33. The summed E-state index contributed by atoms with van der Waals surface area (Å²) in [6.07, 6.45) is 14.9. The minimum atomic E-state index is 0.0791. The van der Waals surface area contributed by atoms with Crippen molar-refractivity contribution in [2.75, 3.05) is 12.4 Å². The zero-order valence-corrected chi connectivity index (χ0v) is 15.6. The first-order chi connectivity index (χ1) is 11.8. The van der Waals surface area contributed by atoms with Crippen LogP contribution in [-0.4, -0.2) is 13.0 Å². The van der Waals surface area contributed by atoms with Crippen LogP contribution in [0.1, 0.15) is 84.0 Å². The second-order valence-electron chi connectivity index (χ2n) is 6.53. The van der Waals surface area contributed by atoms with E-state index >= 15 is 0 Å². The normalized spacial score (nSPS) is 10.6. The van der Waals surface area contributed by atoms with Crippen molar-refractivity contribution in [1.29, 1.82) is 0 Å². The molecule has 0 heterocycles. The summed E-state index contributed by atoms with van der Waals surface area (Å²) in [5, 5.41) is 2.93. The minimum absolute atomic E-state index is 0.0791. The van der Waals surface area contributed by atoms with Gasteiger partial charge in [-0.05, 0) is 18.6 Å². The van der Waals surface area contributed by atoms with Crippen LogP contribution in [0, 0.1) is 0 Å². The number of hydrogen-bond donors (Lipinski definition) is 1. The van der Waals surface area contributed by atoms with Crippen LogP contribution >= 0.6 is 0 Å². The van der Waals surface area contributed by atoms with E-state index in [-0.39, 0.29) is 5.91 Å². The van der Waals surface area contributed by atoms with E-state index in [0.717, 1.165) is 18.5 Å². The van der Waals surface area contributed by atoms with Gasteiger partial charge in [0.1, 0.15) is 5.75 Å². The largest absolute Gasteiger partial charge is 0.495 e. The molecular formula is C21H35NO2. The van der Waals surface area contributed by atoms with Gasteiger partial charge in [-0.15, -0.1) is 0 Å². The van der Waals surface area contributed by atoms with Gasteiger partial charge in [0, 0.05) is 6.42 Å². The van der Waals surface area contributed by atoms with E-state index in [1.807, 2.05) is 24.3 Å². The maximum Gasteiger partial charge on any atom is 0.224 e. The zero-order chi connectivity index (χ0) is 17.5. The number of ether oxygens (including phenoxy) is 1. The van der Waals surface area contributed by atoms with E-state index in [4.69, 9.17) is 4.74 Å². The number of benzene rings is 1. The predicted molar refractivity (Wildman–Crippen MR) is 103 cm³/mol. The highest BCUT2D eigenvalue weighted by Crippen LogP contribution is 2.23. The Morgan fingerprint density at radius 2 is 1.42 bits per heavy atom. The van der Waals surface area contributed by atoms with E-state index in [1.165, 1.54) is 57.8 Å². The van der Waals surface area contributed by atoms with E-state index in [9.17, 15) is 4.79 Å². The lowest BCUT2D eigenvalue weighted by molar-refractivity contribution is -0.116. The van der Waals surface area contributed by atoms with Crippen LogP contribution in [0.25, 0.3) is 0 Å². The van der Waals surface area contributed by atoms with Crippen molar-refractivity contribution in [3.63, 3.8) is 0 Å². The van der Waals surface area contributed by atoms with Gasteiger partial charge < -0.3 is 10.1 Å². The number of nitrogens with one attached hydrogen (secondary N) is 1. The molecule has 0 fully saturated rings. The first-order valence-corrected chi connectivity index (χ1v) is 9.70. The van der Waals surface area contributed by atoms with E-state index < -0.39 is 0 Å². The lowest BCUT2D eigenvalue weighted by Crippen LogP contribution is -2.11. The summed E-state index contributed by atoms with van der Waals surface area (Å²) in [5.41, 5.74) is 0.757. The molecule has 0 atom stereocenters. The quantitative estimate of drug-likeness (QED) is 0.404. The van der Waals surface area contributed by atoms with Crippen molar-refractivity contribution in [3.05, 3.63) is 24.3 Å². The standard InChI is InChI=1S/C21H35NO2/c1-3-4-5-6-7-8-9-10-11-12-13-18-21(23)22-19-16-14-15-17-20(19)24-2/h14-17H,3-13,18H2,1-2H3,(H,22,23). The summed E-state index contributed by atoms with van der Waals surface area (Å²) in [4.78, 5) is 12.0. The number of unbranched alkanes of at least 4 members (excludes halogenated alkanes) is 10. The van der Waals surface area contributed by atoms with Gasteiger partial charge in [-0.1, -0.05) is 83.3 Å². The molecule has 3 nitrogen and oxygen atoms in total. The van der Waals surface area contributed by atoms with Crippen LogP contribution < -0.4 is 10.1 Å². The average Bonchev–Trinajstić information content (AvgIpc) is 2.60. The van der Waals surface area contributed by atoms with E-state index in [1.54, 1.807) is 7.11 Å². The van der Waals surface area contributed by atoms with Crippen molar-refractivity contribution in [1.82, 2.24) is 0 Å². The molecule has 0 saturated heterocycles. The maximum atomic E-state index is 12.0. The Balaban J connectivity index is 1.98. The lowest BCUT2D eigenvalue weighted by Gasteiger charge is -2.09. The number of carbonyl (C=O) groups excluding carboxylic acids is 1. The van der Waals surface area contributed by atoms with Crippen molar-refractivity contribution < 1.29 is 9.53 Å². The van der Waals surface area contributed by atoms with Crippen molar-refractivity contribution >= 4 is 11.6 Å². The molecule has 0 aliphatic heterocycles. The number of amides is 1. The number of methoxy groups -OCH3 is 1. The molecule has 1 rings (SSSR count). The summed E-state index contributed by atoms with van der Waals surface area (Å²) in [5.74, 6) is 0.792.